The van der Waals surface area contributed by atoms with Crippen LogP contribution in [0, 0.1) is 0 Å². The topological polar surface area (TPSA) is 44.8 Å². The van der Waals surface area contributed by atoms with E-state index < -0.39 is 11.8 Å². The minimum absolute atomic E-state index is 0.100. The number of hydrogen-bond donors (Lipinski definition) is 0. The van der Waals surface area contributed by atoms with Crippen molar-refractivity contribution in [3.8, 4) is 0 Å². The van der Waals surface area contributed by atoms with Crippen LogP contribution in [0.25, 0.3) is 0 Å². The highest BCUT2D eigenvalue weighted by molar-refractivity contribution is 5.87. The zero-order valence-corrected chi connectivity index (χ0v) is 8.83. The van der Waals surface area contributed by atoms with E-state index in [2.05, 4.69) is 11.3 Å². The van der Waals surface area contributed by atoms with Crippen LogP contribution in [0.4, 0.5) is 0 Å². The monoisotopic (exact) mass is 200 g/mol. The molecule has 1 heterocycles. The van der Waals surface area contributed by atoms with Gasteiger partial charge >= 0.3 is 5.97 Å². The number of carbonyl (C=O) groups is 1. The SMILES string of the molecule is C=C(CC1COC(C)(C)O1)C(=O)OC. The number of carbonyl (C=O) groups excluding carboxylic acids is 1. The minimum atomic E-state index is -0.554. The molecule has 0 aromatic rings. The van der Waals surface area contributed by atoms with E-state index in [-0.39, 0.29) is 6.10 Å². The summed E-state index contributed by atoms with van der Waals surface area (Å²) >= 11 is 0. The molecule has 0 amide bonds. The van der Waals surface area contributed by atoms with E-state index in [0.29, 0.717) is 18.6 Å². The number of esters is 1. The first kappa shape index (κ1) is 11.2. The molecule has 0 bridgehead atoms. The van der Waals surface area contributed by atoms with Gasteiger partial charge in [-0.25, -0.2) is 4.79 Å². The van der Waals surface area contributed by atoms with Gasteiger partial charge in [0.15, 0.2) is 5.79 Å². The first-order valence-corrected chi connectivity index (χ1v) is 4.52. The number of hydrogen-bond acceptors (Lipinski definition) is 4. The molecule has 1 fully saturated rings. The molecule has 0 N–H and O–H groups in total. The van der Waals surface area contributed by atoms with Crippen molar-refractivity contribution in [3.63, 3.8) is 0 Å². The fourth-order valence-electron chi connectivity index (χ4n) is 1.37. The average Bonchev–Trinajstić information content (AvgIpc) is 2.44. The summed E-state index contributed by atoms with van der Waals surface area (Å²) in [6, 6.07) is 0. The zero-order valence-electron chi connectivity index (χ0n) is 8.83. The van der Waals surface area contributed by atoms with Crippen LogP contribution in [-0.2, 0) is 19.0 Å². The van der Waals surface area contributed by atoms with Gasteiger partial charge in [0.2, 0.25) is 0 Å². The minimum Gasteiger partial charge on any atom is -0.466 e. The maximum absolute atomic E-state index is 11.0. The lowest BCUT2D eigenvalue weighted by atomic mass is 10.1. The average molecular weight is 200 g/mol. The predicted molar refractivity (Wildman–Crippen MR) is 50.7 cm³/mol. The third-order valence-corrected chi connectivity index (χ3v) is 2.02. The molecule has 14 heavy (non-hydrogen) atoms. The maximum atomic E-state index is 11.0. The van der Waals surface area contributed by atoms with E-state index in [0.717, 1.165) is 0 Å². The van der Waals surface area contributed by atoms with E-state index in [1.165, 1.54) is 7.11 Å². The summed E-state index contributed by atoms with van der Waals surface area (Å²) < 4.78 is 15.4. The second-order valence-corrected chi connectivity index (χ2v) is 3.75. The van der Waals surface area contributed by atoms with E-state index in [1.54, 1.807) is 0 Å². The van der Waals surface area contributed by atoms with Gasteiger partial charge < -0.3 is 14.2 Å². The van der Waals surface area contributed by atoms with Gasteiger partial charge in [0.25, 0.3) is 0 Å². The van der Waals surface area contributed by atoms with Gasteiger partial charge in [0.05, 0.1) is 19.8 Å². The Labute approximate surface area is 83.8 Å². The fraction of sp³-hybridized carbons (Fsp3) is 0.700. The lowest BCUT2D eigenvalue weighted by molar-refractivity contribution is -0.142. The van der Waals surface area contributed by atoms with Gasteiger partial charge in [-0.3, -0.25) is 0 Å². The van der Waals surface area contributed by atoms with E-state index in [1.807, 2.05) is 13.8 Å². The van der Waals surface area contributed by atoms with Crippen molar-refractivity contribution in [1.29, 1.82) is 0 Å². The molecule has 1 rings (SSSR count). The normalized spacial score (nSPS) is 24.6. The summed E-state index contributed by atoms with van der Waals surface area (Å²) in [6.45, 7) is 7.80. The van der Waals surface area contributed by atoms with Gasteiger partial charge in [0, 0.05) is 12.0 Å². The standard InChI is InChI=1S/C10H16O4/c1-7(9(11)12-4)5-8-6-13-10(2,3)14-8/h8H,1,5-6H2,2-4H3. The van der Waals surface area contributed by atoms with E-state index >= 15 is 0 Å². The molecular weight excluding hydrogens is 184 g/mol. The fourth-order valence-corrected chi connectivity index (χ4v) is 1.37. The van der Waals surface area contributed by atoms with Crippen LogP contribution in [0.5, 0.6) is 0 Å². The molecule has 80 valence electrons. The van der Waals surface area contributed by atoms with Crippen LogP contribution in [0.2, 0.25) is 0 Å². The Morgan fingerprint density at radius 3 is 2.71 bits per heavy atom. The van der Waals surface area contributed by atoms with E-state index in [4.69, 9.17) is 9.47 Å². The van der Waals surface area contributed by atoms with Gasteiger partial charge in [0.1, 0.15) is 0 Å². The Morgan fingerprint density at radius 2 is 2.29 bits per heavy atom. The number of methoxy groups -OCH3 is 1. The van der Waals surface area contributed by atoms with Crippen molar-refractivity contribution < 1.29 is 19.0 Å². The van der Waals surface area contributed by atoms with Gasteiger partial charge in [-0.1, -0.05) is 6.58 Å². The summed E-state index contributed by atoms with van der Waals surface area (Å²) in [5.41, 5.74) is 0.416. The van der Waals surface area contributed by atoms with Crippen molar-refractivity contribution in [2.24, 2.45) is 0 Å². The molecular formula is C10H16O4. The van der Waals surface area contributed by atoms with Crippen LogP contribution >= 0.6 is 0 Å². The summed E-state index contributed by atoms with van der Waals surface area (Å²) in [4.78, 5) is 11.0. The van der Waals surface area contributed by atoms with E-state index in [9.17, 15) is 4.79 Å². The molecule has 1 atom stereocenters. The number of rotatable bonds is 3. The highest BCUT2D eigenvalue weighted by Gasteiger charge is 2.33. The van der Waals surface area contributed by atoms with Crippen molar-refractivity contribution in [3.05, 3.63) is 12.2 Å². The van der Waals surface area contributed by atoms with Crippen LogP contribution in [0.15, 0.2) is 12.2 Å². The van der Waals surface area contributed by atoms with Crippen LogP contribution < -0.4 is 0 Å². The highest BCUT2D eigenvalue weighted by Crippen LogP contribution is 2.25. The molecule has 0 spiro atoms. The molecule has 4 nitrogen and oxygen atoms in total. The van der Waals surface area contributed by atoms with Crippen molar-refractivity contribution >= 4 is 5.97 Å². The van der Waals surface area contributed by atoms with Crippen LogP contribution in [0.1, 0.15) is 20.3 Å². The van der Waals surface area contributed by atoms with Gasteiger partial charge in [-0.05, 0) is 13.8 Å². The quantitative estimate of drug-likeness (QED) is 0.508. The third kappa shape index (κ3) is 2.82. The Kier molecular flexibility index (Phi) is 3.29. The van der Waals surface area contributed by atoms with Crippen LogP contribution in [-0.4, -0.2) is 31.6 Å². The first-order chi connectivity index (χ1) is 6.44. The summed E-state index contributed by atoms with van der Waals surface area (Å²) in [7, 11) is 1.34. The Hall–Kier alpha value is -0.870. The Bertz CT molecular complexity index is 245. The van der Waals surface area contributed by atoms with Gasteiger partial charge in [-0.2, -0.15) is 0 Å². The summed E-state index contributed by atoms with van der Waals surface area (Å²) in [5, 5.41) is 0. The highest BCUT2D eigenvalue weighted by atomic mass is 16.7. The first-order valence-electron chi connectivity index (χ1n) is 4.52. The molecule has 0 radical (unpaired) electrons. The largest absolute Gasteiger partial charge is 0.466 e. The molecule has 0 aromatic heterocycles. The smallest absolute Gasteiger partial charge is 0.333 e. The molecule has 1 saturated heterocycles. The summed E-state index contributed by atoms with van der Waals surface area (Å²) in [5.74, 6) is -0.945. The molecule has 1 aliphatic heterocycles. The van der Waals surface area contributed by atoms with Crippen molar-refractivity contribution in [2.75, 3.05) is 13.7 Å². The molecule has 4 heteroatoms. The van der Waals surface area contributed by atoms with Crippen molar-refractivity contribution in [2.45, 2.75) is 32.2 Å². The second kappa shape index (κ2) is 4.11. The zero-order chi connectivity index (χ0) is 10.8. The molecule has 0 aromatic carbocycles. The lowest BCUT2D eigenvalue weighted by Gasteiger charge is -2.17. The predicted octanol–water partition coefficient (Wildman–Crippen LogP) is 1.26. The lowest BCUT2D eigenvalue weighted by Crippen LogP contribution is -2.22. The number of ether oxygens (including phenoxy) is 3. The molecule has 1 unspecified atom stereocenters. The molecule has 0 aliphatic carbocycles. The van der Waals surface area contributed by atoms with Crippen molar-refractivity contribution in [1.82, 2.24) is 0 Å². The Balaban J connectivity index is 2.40. The Morgan fingerprint density at radius 1 is 1.64 bits per heavy atom. The third-order valence-electron chi connectivity index (χ3n) is 2.02. The summed E-state index contributed by atoms with van der Waals surface area (Å²) in [6.07, 6.45) is 0.354. The second-order valence-electron chi connectivity index (χ2n) is 3.75. The van der Waals surface area contributed by atoms with Crippen LogP contribution in [0.3, 0.4) is 0 Å². The maximum Gasteiger partial charge on any atom is 0.333 e. The van der Waals surface area contributed by atoms with Gasteiger partial charge in [-0.15, -0.1) is 0 Å². The molecule has 0 saturated carbocycles. The molecule has 1 aliphatic rings.